The molecule has 1 spiro atoms. The van der Waals surface area contributed by atoms with Gasteiger partial charge in [-0.05, 0) is 48.5 Å². The van der Waals surface area contributed by atoms with Gasteiger partial charge < -0.3 is 18.9 Å². The minimum atomic E-state index is -0.699. The van der Waals surface area contributed by atoms with Gasteiger partial charge in [0.15, 0.2) is 5.79 Å². The monoisotopic (exact) mass is 447 g/mol. The van der Waals surface area contributed by atoms with Crippen molar-refractivity contribution in [3.8, 4) is 0 Å². The molecule has 0 radical (unpaired) electrons. The molecule has 5 fully saturated rings. The Morgan fingerprint density at radius 1 is 1.00 bits per heavy atom. The Balaban J connectivity index is 1.34. The van der Waals surface area contributed by atoms with E-state index in [9.17, 15) is 4.79 Å². The van der Waals surface area contributed by atoms with Gasteiger partial charge in [0, 0.05) is 25.8 Å². The van der Waals surface area contributed by atoms with Crippen molar-refractivity contribution in [3.63, 3.8) is 0 Å². The molecule has 0 aromatic rings. The number of esters is 1. The molecular weight excluding hydrogens is 406 g/mol. The van der Waals surface area contributed by atoms with Crippen molar-refractivity contribution < 1.29 is 23.7 Å². The van der Waals surface area contributed by atoms with Crippen LogP contribution in [0.4, 0.5) is 0 Å². The molecule has 5 saturated heterocycles. The van der Waals surface area contributed by atoms with Gasteiger partial charge in [0.2, 0.25) is 0 Å². The summed E-state index contributed by atoms with van der Waals surface area (Å²) in [5, 5.41) is 3.73. The molecule has 11 atom stereocenters. The number of fused-ring (bicyclic) bond motifs is 4. The summed E-state index contributed by atoms with van der Waals surface area (Å²) < 4.78 is 26.0. The van der Waals surface area contributed by atoms with Gasteiger partial charge in [-0.15, -0.1) is 0 Å². The van der Waals surface area contributed by atoms with Crippen LogP contribution in [0, 0.1) is 29.6 Å². The molecule has 0 aliphatic carbocycles. The van der Waals surface area contributed by atoms with Crippen molar-refractivity contribution in [1.29, 1.82) is 0 Å². The SMILES string of the molecule is C=C(C[C@@]12C[C@@H](C)C[C@@H](O1)[C@H]1O[C@]3(C[C@H]1O2)NC[C@H](C)C[C@@H]3C)[C@@H]1OC(=O)[C@@H](C)C[C@H]1C. The highest BCUT2D eigenvalue weighted by atomic mass is 16.7. The second kappa shape index (κ2) is 8.07. The Kier molecular flexibility index (Phi) is 5.76. The normalized spacial score (nSPS) is 53.0. The molecular formula is C26H41NO5. The Morgan fingerprint density at radius 3 is 2.50 bits per heavy atom. The van der Waals surface area contributed by atoms with Crippen molar-refractivity contribution >= 4 is 5.97 Å². The summed E-state index contributed by atoms with van der Waals surface area (Å²) in [6, 6.07) is 0. The van der Waals surface area contributed by atoms with E-state index in [0.29, 0.717) is 24.2 Å². The molecule has 5 aliphatic rings. The van der Waals surface area contributed by atoms with Gasteiger partial charge in [-0.3, -0.25) is 10.1 Å². The Morgan fingerprint density at radius 2 is 1.75 bits per heavy atom. The van der Waals surface area contributed by atoms with Crippen LogP contribution < -0.4 is 5.32 Å². The third-order valence-corrected chi connectivity index (χ3v) is 8.70. The standard InChI is InChI=1S/C26H41NO5/c1-14-8-20-23-21(12-26(32-23)19(6)7-15(2)13-27-26)31-25(10-14,30-20)11-18(5)22-16(3)9-17(4)24(28)29-22/h14-17,19-23,27H,5,7-13H2,1-4,6H3/t14-,15+,16+,17-,19-,20+,21+,22+,23+,25-,26-/m0/s1. The molecule has 2 bridgehead atoms. The minimum absolute atomic E-state index is 0.0174. The van der Waals surface area contributed by atoms with Crippen molar-refractivity contribution in [2.24, 2.45) is 29.6 Å². The van der Waals surface area contributed by atoms with Crippen LogP contribution in [0.5, 0.6) is 0 Å². The first-order valence-electron chi connectivity index (χ1n) is 12.8. The summed E-state index contributed by atoms with van der Waals surface area (Å²) in [6.45, 7) is 16.3. The Hall–Kier alpha value is -0.950. The largest absolute Gasteiger partial charge is 0.457 e. The number of nitrogens with one attached hydrogen (secondary N) is 1. The number of rotatable bonds is 3. The number of carbonyl (C=O) groups excluding carboxylic acids is 1. The first kappa shape index (κ1) is 22.8. The molecule has 32 heavy (non-hydrogen) atoms. The summed E-state index contributed by atoms with van der Waals surface area (Å²) >= 11 is 0. The van der Waals surface area contributed by atoms with E-state index in [1.165, 1.54) is 6.42 Å². The second-order valence-corrected chi connectivity index (χ2v) is 11.9. The molecule has 0 aromatic heterocycles. The van der Waals surface area contributed by atoms with Crippen LogP contribution in [0.1, 0.15) is 73.1 Å². The number of hydrogen-bond acceptors (Lipinski definition) is 6. The molecule has 6 nitrogen and oxygen atoms in total. The fraction of sp³-hybridized carbons (Fsp3) is 0.885. The van der Waals surface area contributed by atoms with Crippen LogP contribution in [-0.4, -0.2) is 48.4 Å². The maximum absolute atomic E-state index is 12.2. The average Bonchev–Trinajstić information content (AvgIpc) is 3.07. The van der Waals surface area contributed by atoms with Crippen molar-refractivity contribution in [3.05, 3.63) is 12.2 Å². The molecule has 0 saturated carbocycles. The Labute approximate surface area is 192 Å². The zero-order chi connectivity index (χ0) is 22.8. The molecule has 6 heteroatoms. The quantitative estimate of drug-likeness (QED) is 0.517. The summed E-state index contributed by atoms with van der Waals surface area (Å²) in [7, 11) is 0. The molecule has 5 rings (SSSR count). The van der Waals surface area contributed by atoms with Crippen LogP contribution >= 0.6 is 0 Å². The summed E-state index contributed by atoms with van der Waals surface area (Å²) in [4.78, 5) is 12.2. The predicted octanol–water partition coefficient (Wildman–Crippen LogP) is 4.18. The Bertz CT molecular complexity index is 771. The van der Waals surface area contributed by atoms with Crippen molar-refractivity contribution in [2.45, 2.75) is 109 Å². The van der Waals surface area contributed by atoms with E-state index < -0.39 is 5.79 Å². The summed E-state index contributed by atoms with van der Waals surface area (Å²) in [5.41, 5.74) is 0.601. The first-order valence-corrected chi connectivity index (χ1v) is 12.8. The fourth-order valence-electron chi connectivity index (χ4n) is 7.19. The van der Waals surface area contributed by atoms with Gasteiger partial charge in [-0.1, -0.05) is 41.2 Å². The van der Waals surface area contributed by atoms with Gasteiger partial charge in [0.05, 0.1) is 18.1 Å². The van der Waals surface area contributed by atoms with Crippen molar-refractivity contribution in [2.75, 3.05) is 6.54 Å². The van der Waals surface area contributed by atoms with E-state index in [2.05, 4.69) is 39.6 Å². The highest BCUT2D eigenvalue weighted by molar-refractivity contribution is 5.73. The maximum atomic E-state index is 12.2. The number of hydrogen-bond donors (Lipinski definition) is 1. The van der Waals surface area contributed by atoms with Crippen LogP contribution in [-0.2, 0) is 23.7 Å². The topological polar surface area (TPSA) is 66.0 Å². The van der Waals surface area contributed by atoms with Gasteiger partial charge in [0.1, 0.15) is 17.9 Å². The fourth-order valence-corrected chi connectivity index (χ4v) is 7.19. The maximum Gasteiger partial charge on any atom is 0.309 e. The average molecular weight is 448 g/mol. The smallest absolute Gasteiger partial charge is 0.309 e. The molecule has 0 amide bonds. The zero-order valence-corrected chi connectivity index (χ0v) is 20.4. The number of piperidine rings is 1. The molecule has 5 heterocycles. The zero-order valence-electron chi connectivity index (χ0n) is 20.4. The lowest BCUT2D eigenvalue weighted by Gasteiger charge is -2.52. The lowest BCUT2D eigenvalue weighted by Crippen LogP contribution is -2.59. The first-order chi connectivity index (χ1) is 15.1. The van der Waals surface area contributed by atoms with Gasteiger partial charge in [0.25, 0.3) is 0 Å². The molecule has 0 aromatic carbocycles. The van der Waals surface area contributed by atoms with Gasteiger partial charge in [-0.25, -0.2) is 0 Å². The van der Waals surface area contributed by atoms with E-state index in [-0.39, 0.29) is 47.9 Å². The third-order valence-electron chi connectivity index (χ3n) is 8.70. The highest BCUT2D eigenvalue weighted by Gasteiger charge is 2.61. The predicted molar refractivity (Wildman–Crippen MR) is 121 cm³/mol. The van der Waals surface area contributed by atoms with E-state index >= 15 is 0 Å². The van der Waals surface area contributed by atoms with E-state index in [4.69, 9.17) is 18.9 Å². The van der Waals surface area contributed by atoms with Gasteiger partial charge in [-0.2, -0.15) is 0 Å². The number of ether oxygens (including phenoxy) is 4. The molecule has 0 unspecified atom stereocenters. The number of cyclic esters (lactones) is 1. The molecule has 5 aliphatic heterocycles. The van der Waals surface area contributed by atoms with Gasteiger partial charge >= 0.3 is 5.97 Å². The molecule has 1 N–H and O–H groups in total. The lowest BCUT2D eigenvalue weighted by molar-refractivity contribution is -0.364. The lowest BCUT2D eigenvalue weighted by atomic mass is 9.79. The summed E-state index contributed by atoms with van der Waals surface area (Å²) in [6.07, 6.45) is 5.01. The van der Waals surface area contributed by atoms with Crippen molar-refractivity contribution in [1.82, 2.24) is 5.32 Å². The van der Waals surface area contributed by atoms with E-state index in [1.54, 1.807) is 0 Å². The third kappa shape index (κ3) is 3.85. The highest BCUT2D eigenvalue weighted by Crippen LogP contribution is 2.52. The van der Waals surface area contributed by atoms with Crippen LogP contribution in [0.25, 0.3) is 0 Å². The van der Waals surface area contributed by atoms with E-state index in [0.717, 1.165) is 37.8 Å². The second-order valence-electron chi connectivity index (χ2n) is 11.9. The molecule has 180 valence electrons. The van der Waals surface area contributed by atoms with E-state index in [1.807, 2.05) is 6.92 Å². The van der Waals surface area contributed by atoms with Crippen LogP contribution in [0.3, 0.4) is 0 Å². The summed E-state index contributed by atoms with van der Waals surface area (Å²) in [5.74, 6) is 0.969. The van der Waals surface area contributed by atoms with Crippen LogP contribution in [0.2, 0.25) is 0 Å². The van der Waals surface area contributed by atoms with Crippen LogP contribution in [0.15, 0.2) is 12.2 Å². The minimum Gasteiger partial charge on any atom is -0.457 e. The number of carbonyl (C=O) groups is 1.